The normalized spacial score (nSPS) is 17.9. The van der Waals surface area contributed by atoms with E-state index in [0.29, 0.717) is 19.3 Å². The Hall–Kier alpha value is -1.06. The van der Waals surface area contributed by atoms with Crippen LogP contribution in [0.2, 0.25) is 0 Å². The van der Waals surface area contributed by atoms with Gasteiger partial charge in [0.2, 0.25) is 0 Å². The molecular formula is C20H35IN4O2. The lowest BCUT2D eigenvalue weighted by Crippen LogP contribution is -2.47. The first-order valence-corrected chi connectivity index (χ1v) is 9.70. The van der Waals surface area contributed by atoms with Crippen LogP contribution in [0.1, 0.15) is 32.6 Å². The summed E-state index contributed by atoms with van der Waals surface area (Å²) in [6, 6.07) is 8.56. The van der Waals surface area contributed by atoms with Gasteiger partial charge in [-0.15, -0.1) is 24.0 Å². The highest BCUT2D eigenvalue weighted by molar-refractivity contribution is 14.0. The van der Waals surface area contributed by atoms with Gasteiger partial charge in [-0.05, 0) is 38.1 Å². The molecule has 1 aromatic rings. The summed E-state index contributed by atoms with van der Waals surface area (Å²) in [5.41, 5.74) is 0.971. The van der Waals surface area contributed by atoms with E-state index in [4.69, 9.17) is 9.47 Å². The van der Waals surface area contributed by atoms with Gasteiger partial charge in [0, 0.05) is 51.5 Å². The Morgan fingerprint density at radius 1 is 1.30 bits per heavy atom. The molecule has 0 bridgehead atoms. The van der Waals surface area contributed by atoms with Gasteiger partial charge in [0.05, 0.1) is 6.61 Å². The molecular weight excluding hydrogens is 455 g/mol. The van der Waals surface area contributed by atoms with Crippen LogP contribution in [0.4, 0.5) is 5.69 Å². The molecule has 154 valence electrons. The van der Waals surface area contributed by atoms with Crippen LogP contribution in [0.3, 0.4) is 0 Å². The van der Waals surface area contributed by atoms with E-state index in [0.717, 1.165) is 36.9 Å². The summed E-state index contributed by atoms with van der Waals surface area (Å²) in [4.78, 5) is 6.91. The third-order valence-corrected chi connectivity index (χ3v) is 4.74. The Kier molecular flexibility index (Phi) is 12.4. The standard InChI is InChI=1S/C20H34N4O2.HI/c1-4-24-12-6-5-10-18(24)16-22-20(21-2)23-17-9-7-11-19(15-17)26-14-8-13-25-3;/h7,9,11,15,18H,4-6,8,10,12-14,16H2,1-3H3,(H2,21,22,23);1H. The molecule has 1 aliphatic rings. The van der Waals surface area contributed by atoms with E-state index in [1.807, 2.05) is 24.3 Å². The van der Waals surface area contributed by atoms with Crippen molar-refractivity contribution in [1.29, 1.82) is 0 Å². The number of rotatable bonds is 9. The summed E-state index contributed by atoms with van der Waals surface area (Å²) in [6.07, 6.45) is 4.77. The van der Waals surface area contributed by atoms with Crippen molar-refractivity contribution in [1.82, 2.24) is 10.2 Å². The van der Waals surface area contributed by atoms with Gasteiger partial charge in [0.1, 0.15) is 5.75 Å². The highest BCUT2D eigenvalue weighted by atomic mass is 127. The monoisotopic (exact) mass is 490 g/mol. The largest absolute Gasteiger partial charge is 0.493 e. The summed E-state index contributed by atoms with van der Waals surface area (Å²) < 4.78 is 10.8. The smallest absolute Gasteiger partial charge is 0.195 e. The van der Waals surface area contributed by atoms with Crippen LogP contribution in [0.15, 0.2) is 29.3 Å². The number of ether oxygens (including phenoxy) is 2. The summed E-state index contributed by atoms with van der Waals surface area (Å²) >= 11 is 0. The number of likely N-dealkylation sites (tertiary alicyclic amines) is 1. The fourth-order valence-electron chi connectivity index (χ4n) is 3.29. The number of piperidine rings is 1. The molecule has 0 saturated carbocycles. The van der Waals surface area contributed by atoms with E-state index in [-0.39, 0.29) is 24.0 Å². The molecule has 1 heterocycles. The molecule has 0 amide bonds. The Labute approximate surface area is 181 Å². The van der Waals surface area contributed by atoms with E-state index >= 15 is 0 Å². The minimum atomic E-state index is 0. The van der Waals surface area contributed by atoms with E-state index in [2.05, 4.69) is 27.4 Å². The molecule has 1 unspecified atom stereocenters. The molecule has 2 rings (SSSR count). The molecule has 1 fully saturated rings. The number of anilines is 1. The summed E-state index contributed by atoms with van der Waals surface area (Å²) in [5, 5.41) is 6.83. The summed E-state index contributed by atoms with van der Waals surface area (Å²) in [6.45, 7) is 6.84. The van der Waals surface area contributed by atoms with Crippen LogP contribution in [-0.4, -0.2) is 63.9 Å². The average molecular weight is 490 g/mol. The number of nitrogens with one attached hydrogen (secondary N) is 2. The number of halogens is 1. The fourth-order valence-corrected chi connectivity index (χ4v) is 3.29. The second kappa shape index (κ2) is 14.0. The number of benzene rings is 1. The van der Waals surface area contributed by atoms with Crippen molar-refractivity contribution in [2.45, 2.75) is 38.6 Å². The van der Waals surface area contributed by atoms with Gasteiger partial charge < -0.3 is 20.1 Å². The predicted molar refractivity (Wildman–Crippen MR) is 124 cm³/mol. The first-order valence-electron chi connectivity index (χ1n) is 9.70. The SMILES string of the molecule is CCN1CCCCC1CNC(=NC)Nc1cccc(OCCCOC)c1.I. The van der Waals surface area contributed by atoms with Gasteiger partial charge in [0.25, 0.3) is 0 Å². The number of hydrogen-bond acceptors (Lipinski definition) is 4. The van der Waals surface area contributed by atoms with Gasteiger partial charge in [-0.1, -0.05) is 19.4 Å². The fraction of sp³-hybridized carbons (Fsp3) is 0.650. The quantitative estimate of drug-likeness (QED) is 0.240. The van der Waals surface area contributed by atoms with Crippen LogP contribution in [0, 0.1) is 0 Å². The van der Waals surface area contributed by atoms with Crippen LogP contribution >= 0.6 is 24.0 Å². The minimum Gasteiger partial charge on any atom is -0.493 e. The van der Waals surface area contributed by atoms with Crippen LogP contribution < -0.4 is 15.4 Å². The molecule has 0 radical (unpaired) electrons. The van der Waals surface area contributed by atoms with Gasteiger partial charge in [-0.3, -0.25) is 9.89 Å². The van der Waals surface area contributed by atoms with Crippen molar-refractivity contribution >= 4 is 35.6 Å². The van der Waals surface area contributed by atoms with Crippen LogP contribution in [0.25, 0.3) is 0 Å². The lowest BCUT2D eigenvalue weighted by atomic mass is 10.0. The van der Waals surface area contributed by atoms with E-state index < -0.39 is 0 Å². The molecule has 0 aromatic heterocycles. The molecule has 2 N–H and O–H groups in total. The van der Waals surface area contributed by atoms with Crippen LogP contribution in [-0.2, 0) is 4.74 Å². The Bertz CT molecular complexity index is 557. The van der Waals surface area contributed by atoms with Crippen molar-refractivity contribution < 1.29 is 9.47 Å². The molecule has 0 aliphatic carbocycles. The lowest BCUT2D eigenvalue weighted by molar-refractivity contribution is 0.157. The highest BCUT2D eigenvalue weighted by Crippen LogP contribution is 2.18. The number of hydrogen-bond donors (Lipinski definition) is 2. The molecule has 1 aromatic carbocycles. The van der Waals surface area contributed by atoms with Crippen molar-refractivity contribution in [3.05, 3.63) is 24.3 Å². The number of likely N-dealkylation sites (N-methyl/N-ethyl adjacent to an activating group) is 1. The number of nitrogens with zero attached hydrogens (tertiary/aromatic N) is 2. The predicted octanol–water partition coefficient (Wildman–Crippen LogP) is 3.58. The van der Waals surface area contributed by atoms with Crippen molar-refractivity contribution in [2.24, 2.45) is 4.99 Å². The maximum absolute atomic E-state index is 5.76. The molecule has 1 atom stereocenters. The minimum absolute atomic E-state index is 0. The second-order valence-corrected chi connectivity index (χ2v) is 6.58. The van der Waals surface area contributed by atoms with Crippen molar-refractivity contribution in [3.8, 4) is 5.75 Å². The zero-order valence-electron chi connectivity index (χ0n) is 16.9. The van der Waals surface area contributed by atoms with E-state index in [1.54, 1.807) is 14.2 Å². The van der Waals surface area contributed by atoms with Crippen molar-refractivity contribution in [3.63, 3.8) is 0 Å². The van der Waals surface area contributed by atoms with Crippen LogP contribution in [0.5, 0.6) is 5.75 Å². The molecule has 1 saturated heterocycles. The summed E-state index contributed by atoms with van der Waals surface area (Å²) in [5.74, 6) is 1.65. The molecule has 7 heteroatoms. The Balaban J connectivity index is 0.00000364. The van der Waals surface area contributed by atoms with Gasteiger partial charge >= 0.3 is 0 Å². The first-order chi connectivity index (χ1) is 12.8. The molecule has 1 aliphatic heterocycles. The molecule has 6 nitrogen and oxygen atoms in total. The maximum Gasteiger partial charge on any atom is 0.195 e. The Morgan fingerprint density at radius 3 is 2.89 bits per heavy atom. The van der Waals surface area contributed by atoms with E-state index in [1.165, 1.54) is 25.8 Å². The number of guanidine groups is 1. The number of aliphatic imine (C=N–C) groups is 1. The maximum atomic E-state index is 5.76. The summed E-state index contributed by atoms with van der Waals surface area (Å²) in [7, 11) is 3.51. The first kappa shape index (κ1) is 24.0. The van der Waals surface area contributed by atoms with Crippen molar-refractivity contribution in [2.75, 3.05) is 52.3 Å². The Morgan fingerprint density at radius 2 is 2.15 bits per heavy atom. The molecule has 27 heavy (non-hydrogen) atoms. The highest BCUT2D eigenvalue weighted by Gasteiger charge is 2.20. The average Bonchev–Trinajstić information content (AvgIpc) is 2.69. The third kappa shape index (κ3) is 8.66. The third-order valence-electron chi connectivity index (χ3n) is 4.74. The van der Waals surface area contributed by atoms with Gasteiger partial charge in [0.15, 0.2) is 5.96 Å². The topological polar surface area (TPSA) is 58.1 Å². The van der Waals surface area contributed by atoms with E-state index in [9.17, 15) is 0 Å². The molecule has 0 spiro atoms. The lowest BCUT2D eigenvalue weighted by Gasteiger charge is -2.35. The number of methoxy groups -OCH3 is 1. The zero-order valence-corrected chi connectivity index (χ0v) is 19.2. The van der Waals surface area contributed by atoms with Gasteiger partial charge in [-0.25, -0.2) is 0 Å². The second-order valence-electron chi connectivity index (χ2n) is 6.58. The zero-order chi connectivity index (χ0) is 18.6. The van der Waals surface area contributed by atoms with Gasteiger partial charge in [-0.2, -0.15) is 0 Å².